The SMILES string of the molecule is CCCCOCCCNc1ccc(C(=O)NCC)nn1. The molecule has 0 unspecified atom stereocenters. The van der Waals surface area contributed by atoms with Gasteiger partial charge in [0.1, 0.15) is 5.82 Å². The smallest absolute Gasteiger partial charge is 0.271 e. The monoisotopic (exact) mass is 280 g/mol. The van der Waals surface area contributed by atoms with Gasteiger partial charge in [0.15, 0.2) is 5.69 Å². The Morgan fingerprint density at radius 3 is 2.65 bits per heavy atom. The van der Waals surface area contributed by atoms with Crippen LogP contribution in [0.25, 0.3) is 0 Å². The van der Waals surface area contributed by atoms with Crippen LogP contribution in [-0.2, 0) is 4.74 Å². The Kier molecular flexibility index (Phi) is 8.30. The van der Waals surface area contributed by atoms with Crippen LogP contribution in [0.4, 0.5) is 5.82 Å². The number of hydrogen-bond acceptors (Lipinski definition) is 5. The molecule has 1 amide bonds. The highest BCUT2D eigenvalue weighted by Crippen LogP contribution is 2.02. The highest BCUT2D eigenvalue weighted by Gasteiger charge is 2.05. The highest BCUT2D eigenvalue weighted by molar-refractivity contribution is 5.92. The Labute approximate surface area is 120 Å². The van der Waals surface area contributed by atoms with Crippen LogP contribution in [0.5, 0.6) is 0 Å². The summed E-state index contributed by atoms with van der Waals surface area (Å²) in [6.45, 7) is 6.95. The molecular formula is C14H24N4O2. The minimum atomic E-state index is -0.198. The zero-order valence-electron chi connectivity index (χ0n) is 12.3. The molecule has 6 nitrogen and oxygen atoms in total. The van der Waals surface area contributed by atoms with Gasteiger partial charge in [-0.15, -0.1) is 10.2 Å². The van der Waals surface area contributed by atoms with Gasteiger partial charge in [0, 0.05) is 26.3 Å². The minimum Gasteiger partial charge on any atom is -0.381 e. The molecule has 0 bridgehead atoms. The number of carbonyl (C=O) groups is 1. The summed E-state index contributed by atoms with van der Waals surface area (Å²) in [6, 6.07) is 3.42. The fourth-order valence-electron chi connectivity index (χ4n) is 1.54. The molecule has 0 spiro atoms. The lowest BCUT2D eigenvalue weighted by Crippen LogP contribution is -2.24. The third kappa shape index (κ3) is 6.47. The van der Waals surface area contributed by atoms with Crippen LogP contribution in [0.15, 0.2) is 12.1 Å². The van der Waals surface area contributed by atoms with Gasteiger partial charge in [-0.1, -0.05) is 13.3 Å². The molecule has 1 aromatic rings. The number of hydrogen-bond donors (Lipinski definition) is 2. The predicted molar refractivity (Wildman–Crippen MR) is 78.9 cm³/mol. The maximum Gasteiger partial charge on any atom is 0.271 e. The molecule has 2 N–H and O–H groups in total. The summed E-state index contributed by atoms with van der Waals surface area (Å²) in [5.74, 6) is 0.475. The molecule has 0 fully saturated rings. The topological polar surface area (TPSA) is 76.1 Å². The summed E-state index contributed by atoms with van der Waals surface area (Å²) < 4.78 is 5.46. The van der Waals surface area contributed by atoms with Crippen LogP contribution >= 0.6 is 0 Å². The first-order valence-electron chi connectivity index (χ1n) is 7.21. The van der Waals surface area contributed by atoms with Gasteiger partial charge in [-0.3, -0.25) is 4.79 Å². The Balaban J connectivity index is 2.20. The van der Waals surface area contributed by atoms with E-state index in [1.54, 1.807) is 12.1 Å². The number of nitrogens with one attached hydrogen (secondary N) is 2. The van der Waals surface area contributed by atoms with E-state index in [1.807, 2.05) is 6.92 Å². The molecule has 0 saturated carbocycles. The lowest BCUT2D eigenvalue weighted by atomic mass is 10.3. The van der Waals surface area contributed by atoms with Gasteiger partial charge in [0.05, 0.1) is 0 Å². The second-order valence-electron chi connectivity index (χ2n) is 4.41. The van der Waals surface area contributed by atoms with Gasteiger partial charge in [-0.25, -0.2) is 0 Å². The molecule has 0 saturated heterocycles. The molecule has 0 aliphatic carbocycles. The van der Waals surface area contributed by atoms with Gasteiger partial charge in [-0.05, 0) is 31.9 Å². The van der Waals surface area contributed by atoms with Crippen molar-refractivity contribution in [2.45, 2.75) is 33.1 Å². The summed E-state index contributed by atoms with van der Waals surface area (Å²) >= 11 is 0. The van der Waals surface area contributed by atoms with Crippen molar-refractivity contribution in [2.24, 2.45) is 0 Å². The largest absolute Gasteiger partial charge is 0.381 e. The van der Waals surface area contributed by atoms with Crippen molar-refractivity contribution >= 4 is 11.7 Å². The van der Waals surface area contributed by atoms with E-state index in [1.165, 1.54) is 0 Å². The van der Waals surface area contributed by atoms with Crippen LogP contribution < -0.4 is 10.6 Å². The number of aromatic nitrogens is 2. The Morgan fingerprint density at radius 2 is 2.00 bits per heavy atom. The summed E-state index contributed by atoms with van der Waals surface area (Å²) in [6.07, 6.45) is 3.19. The summed E-state index contributed by atoms with van der Waals surface area (Å²) in [4.78, 5) is 11.5. The summed E-state index contributed by atoms with van der Waals surface area (Å²) in [5.41, 5.74) is 0.334. The Morgan fingerprint density at radius 1 is 1.20 bits per heavy atom. The molecule has 20 heavy (non-hydrogen) atoms. The Hall–Kier alpha value is -1.69. The average Bonchev–Trinajstić information content (AvgIpc) is 2.47. The van der Waals surface area contributed by atoms with Crippen LogP contribution in [-0.4, -0.2) is 42.4 Å². The number of nitrogens with zero attached hydrogens (tertiary/aromatic N) is 2. The third-order valence-corrected chi connectivity index (χ3v) is 2.65. The normalized spacial score (nSPS) is 10.3. The lowest BCUT2D eigenvalue weighted by Gasteiger charge is -2.06. The van der Waals surface area contributed by atoms with E-state index in [0.717, 1.165) is 39.0 Å². The van der Waals surface area contributed by atoms with Gasteiger partial charge in [0.2, 0.25) is 0 Å². The van der Waals surface area contributed by atoms with Crippen molar-refractivity contribution in [3.63, 3.8) is 0 Å². The van der Waals surface area contributed by atoms with E-state index in [4.69, 9.17) is 4.74 Å². The molecule has 0 aromatic carbocycles. The average molecular weight is 280 g/mol. The van der Waals surface area contributed by atoms with E-state index in [0.29, 0.717) is 18.1 Å². The highest BCUT2D eigenvalue weighted by atomic mass is 16.5. The molecule has 112 valence electrons. The molecule has 1 rings (SSSR count). The van der Waals surface area contributed by atoms with Gasteiger partial charge in [-0.2, -0.15) is 0 Å². The maximum absolute atomic E-state index is 11.5. The lowest BCUT2D eigenvalue weighted by molar-refractivity contribution is 0.0950. The van der Waals surface area contributed by atoms with Crippen LogP contribution in [0.1, 0.15) is 43.6 Å². The molecular weight excluding hydrogens is 256 g/mol. The van der Waals surface area contributed by atoms with E-state index < -0.39 is 0 Å². The van der Waals surface area contributed by atoms with Gasteiger partial charge < -0.3 is 15.4 Å². The second-order valence-corrected chi connectivity index (χ2v) is 4.41. The quantitative estimate of drug-likeness (QED) is 0.640. The van der Waals surface area contributed by atoms with Crippen molar-refractivity contribution in [1.82, 2.24) is 15.5 Å². The van der Waals surface area contributed by atoms with Crippen LogP contribution in [0, 0.1) is 0 Å². The predicted octanol–water partition coefficient (Wildman–Crippen LogP) is 1.84. The number of ether oxygens (including phenoxy) is 1. The fourth-order valence-corrected chi connectivity index (χ4v) is 1.54. The van der Waals surface area contributed by atoms with Crippen LogP contribution in [0.3, 0.4) is 0 Å². The Bertz CT molecular complexity index is 381. The molecule has 1 heterocycles. The van der Waals surface area contributed by atoms with Gasteiger partial charge in [0.25, 0.3) is 5.91 Å². The second kappa shape index (κ2) is 10.1. The van der Waals surface area contributed by atoms with Crippen molar-refractivity contribution in [3.8, 4) is 0 Å². The fraction of sp³-hybridized carbons (Fsp3) is 0.643. The van der Waals surface area contributed by atoms with E-state index >= 15 is 0 Å². The zero-order chi connectivity index (χ0) is 14.6. The first-order valence-corrected chi connectivity index (χ1v) is 7.21. The number of unbranched alkanes of at least 4 members (excludes halogenated alkanes) is 1. The maximum atomic E-state index is 11.5. The number of carbonyl (C=O) groups excluding carboxylic acids is 1. The standard InChI is InChI=1S/C14H24N4O2/c1-3-5-10-20-11-6-9-16-13-8-7-12(17-18-13)14(19)15-4-2/h7-8H,3-6,9-11H2,1-2H3,(H,15,19)(H,16,18). The third-order valence-electron chi connectivity index (χ3n) is 2.65. The zero-order valence-corrected chi connectivity index (χ0v) is 12.3. The minimum absolute atomic E-state index is 0.198. The molecule has 1 aromatic heterocycles. The molecule has 0 aliphatic heterocycles. The summed E-state index contributed by atoms with van der Waals surface area (Å²) in [7, 11) is 0. The van der Waals surface area contributed by atoms with E-state index in [-0.39, 0.29) is 5.91 Å². The van der Waals surface area contributed by atoms with Crippen molar-refractivity contribution < 1.29 is 9.53 Å². The first kappa shape index (κ1) is 16.4. The number of rotatable bonds is 10. The first-order chi connectivity index (χ1) is 9.77. The van der Waals surface area contributed by atoms with E-state index in [9.17, 15) is 4.79 Å². The summed E-state index contributed by atoms with van der Waals surface area (Å²) in [5, 5.41) is 13.7. The molecule has 6 heteroatoms. The van der Waals surface area contributed by atoms with Crippen molar-refractivity contribution in [1.29, 1.82) is 0 Å². The molecule has 0 atom stereocenters. The van der Waals surface area contributed by atoms with E-state index in [2.05, 4.69) is 27.8 Å². The molecule has 0 aliphatic rings. The molecule has 0 radical (unpaired) electrons. The number of anilines is 1. The van der Waals surface area contributed by atoms with Gasteiger partial charge >= 0.3 is 0 Å². The van der Waals surface area contributed by atoms with Crippen molar-refractivity contribution in [3.05, 3.63) is 17.8 Å². The van der Waals surface area contributed by atoms with Crippen molar-refractivity contribution in [2.75, 3.05) is 31.6 Å². The number of amides is 1. The van der Waals surface area contributed by atoms with Crippen LogP contribution in [0.2, 0.25) is 0 Å².